The molecule has 0 spiro atoms. The highest BCUT2D eigenvalue weighted by molar-refractivity contribution is 8.00. The van der Waals surface area contributed by atoms with Crippen molar-refractivity contribution in [2.24, 2.45) is 22.9 Å². The molecule has 0 aliphatic carbocycles. The minimum Gasteiger partial charge on any atom is -0.497 e. The van der Waals surface area contributed by atoms with E-state index in [0.717, 1.165) is 39.5 Å². The van der Waals surface area contributed by atoms with E-state index in [4.69, 9.17) is 26.7 Å². The minimum atomic E-state index is 0.00609. The van der Waals surface area contributed by atoms with Gasteiger partial charge in [0.2, 0.25) is 6.41 Å². The summed E-state index contributed by atoms with van der Waals surface area (Å²) in [5, 5.41) is 0.196. The molecule has 7 nitrogen and oxygen atoms in total. The van der Waals surface area contributed by atoms with Crippen LogP contribution in [0.4, 0.5) is 5.69 Å². The van der Waals surface area contributed by atoms with Crippen molar-refractivity contribution in [1.29, 1.82) is 0 Å². The zero-order valence-corrected chi connectivity index (χ0v) is 24.1. The molecule has 8 N–H and O–H groups in total. The Labute approximate surface area is 236 Å². The summed E-state index contributed by atoms with van der Waals surface area (Å²) in [7, 11) is 3.80. The van der Waals surface area contributed by atoms with E-state index in [-0.39, 0.29) is 17.8 Å². The number of rotatable bonds is 6. The van der Waals surface area contributed by atoms with Crippen LogP contribution in [-0.2, 0) is 17.8 Å². The maximum atomic E-state index is 8.58. The lowest BCUT2D eigenvalue weighted by Crippen LogP contribution is -2.43. The molecule has 0 saturated heterocycles. The molecular weight excluding hydrogens is 514 g/mol. The number of carbonyl (C=O) groups excluding carboxylic acids is 1. The molecule has 2 unspecified atom stereocenters. The second-order valence-electron chi connectivity index (χ2n) is 8.94. The average Bonchev–Trinajstić information content (AvgIpc) is 3.25. The van der Waals surface area contributed by atoms with Crippen LogP contribution in [0.25, 0.3) is 5.70 Å². The highest BCUT2D eigenvalue weighted by atomic mass is 32.2. The average molecular weight is 554 g/mol. The summed E-state index contributed by atoms with van der Waals surface area (Å²) in [4.78, 5) is 13.0. The SMILES string of the molecule is COc1ccc2c(c1)SC(C(N)Cc1cccc(C(N)=C(C)C)c1)N2C.NC=O.NCc1ccc(S)cc1. The summed E-state index contributed by atoms with van der Waals surface area (Å²) in [5.41, 5.74) is 28.9. The van der Waals surface area contributed by atoms with Crippen molar-refractivity contribution >= 4 is 42.2 Å². The first kappa shape index (κ1) is 31.1. The third kappa shape index (κ3) is 8.73. The van der Waals surface area contributed by atoms with Crippen molar-refractivity contribution in [3.63, 3.8) is 0 Å². The molecule has 204 valence electrons. The first-order valence-corrected chi connectivity index (χ1v) is 13.5. The number of allylic oxidation sites excluding steroid dienone is 1. The van der Waals surface area contributed by atoms with Crippen LogP contribution in [0.1, 0.15) is 30.5 Å². The van der Waals surface area contributed by atoms with Crippen LogP contribution in [0.2, 0.25) is 0 Å². The monoisotopic (exact) mass is 553 g/mol. The molecule has 0 bridgehead atoms. The fraction of sp³-hybridized carbons (Fsp3) is 0.276. The summed E-state index contributed by atoms with van der Waals surface area (Å²) in [6.45, 7) is 4.67. The molecule has 0 saturated carbocycles. The van der Waals surface area contributed by atoms with E-state index in [1.807, 2.05) is 44.2 Å². The molecule has 3 aromatic carbocycles. The van der Waals surface area contributed by atoms with Crippen LogP contribution < -0.4 is 32.6 Å². The quantitative estimate of drug-likeness (QED) is 0.226. The van der Waals surface area contributed by atoms with Gasteiger partial charge >= 0.3 is 0 Å². The molecule has 1 aliphatic heterocycles. The van der Waals surface area contributed by atoms with Gasteiger partial charge in [0.25, 0.3) is 0 Å². The Hall–Kier alpha value is -3.11. The number of likely N-dealkylation sites (N-methyl/N-ethyl adjacent to an activating group) is 1. The van der Waals surface area contributed by atoms with Gasteiger partial charge in [-0.05, 0) is 73.4 Å². The number of nitrogens with zero attached hydrogens (tertiary/aromatic N) is 1. The van der Waals surface area contributed by atoms with Gasteiger partial charge in [0.1, 0.15) is 5.75 Å². The van der Waals surface area contributed by atoms with Crippen LogP contribution in [0.5, 0.6) is 5.75 Å². The second kappa shape index (κ2) is 15.3. The van der Waals surface area contributed by atoms with E-state index >= 15 is 0 Å². The number of amides is 1. The highest BCUT2D eigenvalue weighted by Gasteiger charge is 2.32. The predicted octanol–water partition coefficient (Wildman–Crippen LogP) is 4.38. The molecule has 9 heteroatoms. The Morgan fingerprint density at radius 3 is 2.34 bits per heavy atom. The van der Waals surface area contributed by atoms with Crippen molar-refractivity contribution in [2.75, 3.05) is 19.1 Å². The first-order chi connectivity index (χ1) is 18.1. The number of methoxy groups -OCH3 is 1. The third-order valence-electron chi connectivity index (χ3n) is 5.96. The summed E-state index contributed by atoms with van der Waals surface area (Å²) >= 11 is 5.93. The lowest BCUT2D eigenvalue weighted by Gasteiger charge is -2.27. The fourth-order valence-electron chi connectivity index (χ4n) is 3.89. The number of hydrogen-bond acceptors (Lipinski definition) is 8. The Morgan fingerprint density at radius 1 is 1.11 bits per heavy atom. The number of carbonyl (C=O) groups is 1. The van der Waals surface area contributed by atoms with Crippen LogP contribution in [0.15, 0.2) is 82.1 Å². The van der Waals surface area contributed by atoms with Crippen molar-refractivity contribution in [2.45, 2.75) is 48.0 Å². The largest absolute Gasteiger partial charge is 0.497 e. The molecule has 38 heavy (non-hydrogen) atoms. The topological polar surface area (TPSA) is 134 Å². The van der Waals surface area contributed by atoms with E-state index in [9.17, 15) is 0 Å². The fourth-order valence-corrected chi connectivity index (χ4v) is 5.36. The van der Waals surface area contributed by atoms with Gasteiger partial charge in [0.15, 0.2) is 0 Å². The summed E-state index contributed by atoms with van der Waals surface area (Å²) in [6.07, 6.45) is 1.05. The number of thiol groups is 1. The molecule has 4 rings (SSSR count). The number of thioether (sulfide) groups is 1. The normalized spacial score (nSPS) is 14.2. The van der Waals surface area contributed by atoms with E-state index in [1.165, 1.54) is 16.1 Å². The van der Waals surface area contributed by atoms with Gasteiger partial charge in [-0.25, -0.2) is 0 Å². The molecule has 0 radical (unpaired) electrons. The second-order valence-corrected chi connectivity index (χ2v) is 10.6. The maximum Gasteiger partial charge on any atom is 0.204 e. The Balaban J connectivity index is 0.000000351. The number of ether oxygens (including phenoxy) is 1. The molecule has 1 aliphatic rings. The van der Waals surface area contributed by atoms with E-state index in [2.05, 4.69) is 66.7 Å². The molecule has 0 aromatic heterocycles. The maximum absolute atomic E-state index is 8.58. The van der Waals surface area contributed by atoms with E-state index in [1.54, 1.807) is 18.9 Å². The van der Waals surface area contributed by atoms with Crippen molar-refractivity contribution in [1.82, 2.24) is 0 Å². The Kier molecular flexibility index (Phi) is 12.6. The number of hydrogen-bond donors (Lipinski definition) is 5. The zero-order chi connectivity index (χ0) is 28.2. The number of anilines is 1. The smallest absolute Gasteiger partial charge is 0.204 e. The van der Waals surface area contributed by atoms with Crippen LogP contribution in [-0.4, -0.2) is 32.0 Å². The summed E-state index contributed by atoms with van der Waals surface area (Å²) in [5.74, 6) is 0.878. The van der Waals surface area contributed by atoms with Crippen molar-refractivity contribution in [3.8, 4) is 5.75 Å². The molecule has 3 aromatic rings. The number of primary amides is 1. The van der Waals surface area contributed by atoms with Crippen molar-refractivity contribution < 1.29 is 9.53 Å². The highest BCUT2D eigenvalue weighted by Crippen LogP contribution is 2.45. The standard InChI is InChI=1S/C21H27N3OS.C7H9NS.CH3NO/c1-13(2)20(23)15-7-5-6-14(10-15)11-17(22)21-24(3)18-9-8-16(25-4)12-19(18)26-21;8-5-6-1-3-7(9)4-2-6;2-1-3/h5-10,12,17,21H,11,22-23H2,1-4H3;1-4,9H,5,8H2;1H,(H2,2,3). The lowest BCUT2D eigenvalue weighted by atomic mass is 10.0. The molecule has 1 heterocycles. The van der Waals surface area contributed by atoms with Gasteiger partial charge in [0, 0.05) is 35.1 Å². The Bertz CT molecular complexity index is 1210. The number of fused-ring (bicyclic) bond motifs is 1. The number of benzene rings is 3. The Morgan fingerprint density at radius 2 is 1.76 bits per heavy atom. The van der Waals surface area contributed by atoms with Gasteiger partial charge in [-0.2, -0.15) is 0 Å². The van der Waals surface area contributed by atoms with Crippen LogP contribution in [0, 0.1) is 0 Å². The van der Waals surface area contributed by atoms with Gasteiger partial charge in [-0.15, -0.1) is 12.6 Å². The minimum absolute atomic E-state index is 0.00609. The van der Waals surface area contributed by atoms with E-state index < -0.39 is 0 Å². The van der Waals surface area contributed by atoms with Crippen molar-refractivity contribution in [3.05, 3.63) is 89.0 Å². The first-order valence-electron chi connectivity index (χ1n) is 12.1. The number of nitrogens with two attached hydrogens (primary N) is 4. The van der Waals surface area contributed by atoms with Crippen LogP contribution >= 0.6 is 24.4 Å². The zero-order valence-electron chi connectivity index (χ0n) is 22.4. The van der Waals surface area contributed by atoms with Gasteiger partial charge in [0.05, 0.1) is 18.2 Å². The molecule has 0 fully saturated rings. The summed E-state index contributed by atoms with van der Waals surface area (Å²) < 4.78 is 5.34. The van der Waals surface area contributed by atoms with E-state index in [0.29, 0.717) is 6.54 Å². The molecule has 1 amide bonds. The molecule has 2 atom stereocenters. The van der Waals surface area contributed by atoms with Gasteiger partial charge in [-0.1, -0.05) is 47.7 Å². The van der Waals surface area contributed by atoms with Gasteiger partial charge < -0.3 is 32.6 Å². The predicted molar refractivity (Wildman–Crippen MR) is 163 cm³/mol. The third-order valence-corrected chi connectivity index (χ3v) is 7.75. The van der Waals surface area contributed by atoms with Crippen LogP contribution in [0.3, 0.4) is 0 Å². The molecular formula is C29H39N5O2S2. The van der Waals surface area contributed by atoms with Gasteiger partial charge in [-0.3, -0.25) is 4.79 Å². The lowest BCUT2D eigenvalue weighted by molar-refractivity contribution is -0.106. The summed E-state index contributed by atoms with van der Waals surface area (Å²) in [6, 6.07) is 22.4.